The van der Waals surface area contributed by atoms with Crippen LogP contribution in [0.4, 0.5) is 0 Å². The van der Waals surface area contributed by atoms with Gasteiger partial charge in [0.2, 0.25) is 0 Å². The Labute approximate surface area is 146 Å². The molecule has 1 aromatic rings. The minimum absolute atomic E-state index is 0.209. The van der Waals surface area contributed by atoms with Crippen LogP contribution in [0.2, 0.25) is 0 Å². The Balaban J connectivity index is 2.11. The van der Waals surface area contributed by atoms with Gasteiger partial charge in [0.1, 0.15) is 5.75 Å². The summed E-state index contributed by atoms with van der Waals surface area (Å²) in [5.74, 6) is 2.17. The van der Waals surface area contributed by atoms with Crippen molar-refractivity contribution in [2.45, 2.75) is 57.3 Å². The second kappa shape index (κ2) is 6.68. The lowest BCUT2D eigenvalue weighted by Gasteiger charge is -2.57. The van der Waals surface area contributed by atoms with Crippen LogP contribution in [-0.4, -0.2) is 27.4 Å². The third-order valence-electron chi connectivity index (χ3n) is 6.88. The maximum atomic E-state index is 5.95. The van der Waals surface area contributed by atoms with Crippen LogP contribution in [0, 0.1) is 11.3 Å². The molecule has 0 amide bonds. The van der Waals surface area contributed by atoms with Gasteiger partial charge in [0.15, 0.2) is 0 Å². The molecule has 0 saturated heterocycles. The Morgan fingerprint density at radius 3 is 2.67 bits per heavy atom. The molecule has 1 aromatic carbocycles. The van der Waals surface area contributed by atoms with Gasteiger partial charge < -0.3 is 15.2 Å². The van der Waals surface area contributed by atoms with E-state index in [0.717, 1.165) is 25.3 Å². The molecule has 24 heavy (non-hydrogen) atoms. The molecule has 1 fully saturated rings. The van der Waals surface area contributed by atoms with Crippen molar-refractivity contribution in [3.63, 3.8) is 0 Å². The lowest BCUT2D eigenvalue weighted by Crippen LogP contribution is -2.51. The van der Waals surface area contributed by atoms with Gasteiger partial charge in [-0.15, -0.1) is 0 Å². The fourth-order valence-electron chi connectivity index (χ4n) is 5.75. The van der Waals surface area contributed by atoms with E-state index in [2.05, 4.69) is 32.0 Å². The molecule has 0 aromatic heterocycles. The molecule has 0 bridgehead atoms. The van der Waals surface area contributed by atoms with Crippen molar-refractivity contribution in [3.05, 3.63) is 29.3 Å². The van der Waals surface area contributed by atoms with Gasteiger partial charge in [-0.2, -0.15) is 0 Å². The van der Waals surface area contributed by atoms with Crippen LogP contribution >= 0.6 is 0 Å². The first kappa shape index (κ1) is 17.8. The summed E-state index contributed by atoms with van der Waals surface area (Å²) in [6.45, 7) is 6.51. The molecule has 1 saturated carbocycles. The second-order valence-electron chi connectivity index (χ2n) is 8.37. The molecule has 3 rings (SSSR count). The molecule has 3 nitrogen and oxygen atoms in total. The van der Waals surface area contributed by atoms with E-state index in [1.807, 2.05) is 7.11 Å². The maximum Gasteiger partial charge on any atom is 0.119 e. The summed E-state index contributed by atoms with van der Waals surface area (Å²) in [5, 5.41) is 0. The molecular formula is C21H33NO2. The minimum atomic E-state index is 0.209. The lowest BCUT2D eigenvalue weighted by molar-refractivity contribution is -0.0372. The molecule has 0 spiro atoms. The molecule has 2 aliphatic rings. The van der Waals surface area contributed by atoms with Crippen molar-refractivity contribution < 1.29 is 9.47 Å². The van der Waals surface area contributed by atoms with Crippen LogP contribution in [-0.2, 0) is 10.2 Å². The van der Waals surface area contributed by atoms with Gasteiger partial charge in [0.25, 0.3) is 0 Å². The molecule has 4 atom stereocenters. The van der Waals surface area contributed by atoms with E-state index >= 15 is 0 Å². The Morgan fingerprint density at radius 1 is 1.21 bits per heavy atom. The highest BCUT2D eigenvalue weighted by atomic mass is 16.5. The number of rotatable bonds is 5. The quantitative estimate of drug-likeness (QED) is 0.877. The molecule has 2 aliphatic carbocycles. The third-order valence-corrected chi connectivity index (χ3v) is 6.88. The highest BCUT2D eigenvalue weighted by Gasteiger charge is 2.53. The standard InChI is InChI=1S/C21H33NO2/c1-20(14-23-3)9-5-10-21(2)18-13-16(24-4)6-7-17(18)15(8-11-22)12-19(20)21/h6-7,13,15,19H,5,8-12,14,22H2,1-4H3/t15?,19?,20-,21-/m1/s1. The highest BCUT2D eigenvalue weighted by Crippen LogP contribution is 2.60. The zero-order valence-corrected chi connectivity index (χ0v) is 15.7. The SMILES string of the molecule is COC[C@@]1(C)CCC[C@]2(C)c3cc(OC)ccc3C(CCN)CC12. The second-order valence-corrected chi connectivity index (χ2v) is 8.37. The monoisotopic (exact) mass is 331 g/mol. The molecule has 134 valence electrons. The first-order valence-corrected chi connectivity index (χ1v) is 9.36. The van der Waals surface area contributed by atoms with Crippen LogP contribution in [0.3, 0.4) is 0 Å². The zero-order chi connectivity index (χ0) is 17.4. The van der Waals surface area contributed by atoms with E-state index in [4.69, 9.17) is 15.2 Å². The molecule has 2 N–H and O–H groups in total. The number of hydrogen-bond donors (Lipinski definition) is 1. The first-order chi connectivity index (χ1) is 11.5. The number of hydrogen-bond acceptors (Lipinski definition) is 3. The number of benzene rings is 1. The van der Waals surface area contributed by atoms with Gasteiger partial charge in [-0.25, -0.2) is 0 Å². The number of ether oxygens (including phenoxy) is 2. The van der Waals surface area contributed by atoms with Crippen LogP contribution in [0.1, 0.15) is 63.0 Å². The summed E-state index contributed by atoms with van der Waals surface area (Å²) in [5.41, 5.74) is 9.40. The summed E-state index contributed by atoms with van der Waals surface area (Å²) in [6, 6.07) is 6.70. The Morgan fingerprint density at radius 2 is 2.00 bits per heavy atom. The van der Waals surface area contributed by atoms with Gasteiger partial charge in [0, 0.05) is 7.11 Å². The summed E-state index contributed by atoms with van der Waals surface area (Å²) in [6.07, 6.45) is 6.08. The van der Waals surface area contributed by atoms with Crippen LogP contribution in [0.25, 0.3) is 0 Å². The average molecular weight is 332 g/mol. The van der Waals surface area contributed by atoms with Crippen LogP contribution in [0.5, 0.6) is 5.75 Å². The van der Waals surface area contributed by atoms with Crippen molar-refractivity contribution in [1.82, 2.24) is 0 Å². The number of methoxy groups -OCH3 is 2. The lowest BCUT2D eigenvalue weighted by atomic mass is 9.48. The molecular weight excluding hydrogens is 298 g/mol. The van der Waals surface area contributed by atoms with Crippen molar-refractivity contribution >= 4 is 0 Å². The number of fused-ring (bicyclic) bond motifs is 3. The van der Waals surface area contributed by atoms with Crippen molar-refractivity contribution in [2.24, 2.45) is 17.1 Å². The topological polar surface area (TPSA) is 44.5 Å². The highest BCUT2D eigenvalue weighted by molar-refractivity contribution is 5.45. The van der Waals surface area contributed by atoms with Gasteiger partial charge in [-0.05, 0) is 78.2 Å². The first-order valence-electron chi connectivity index (χ1n) is 9.36. The van der Waals surface area contributed by atoms with E-state index in [0.29, 0.717) is 11.8 Å². The van der Waals surface area contributed by atoms with Gasteiger partial charge in [-0.1, -0.05) is 26.3 Å². The maximum absolute atomic E-state index is 5.95. The molecule has 3 heteroatoms. The normalized spacial score (nSPS) is 35.2. The Bertz CT molecular complexity index is 583. The van der Waals surface area contributed by atoms with Crippen LogP contribution < -0.4 is 10.5 Å². The Hall–Kier alpha value is -1.06. The van der Waals surface area contributed by atoms with Gasteiger partial charge >= 0.3 is 0 Å². The van der Waals surface area contributed by atoms with E-state index < -0.39 is 0 Å². The zero-order valence-electron chi connectivity index (χ0n) is 15.7. The fourth-order valence-corrected chi connectivity index (χ4v) is 5.75. The van der Waals surface area contributed by atoms with E-state index in [1.54, 1.807) is 7.11 Å². The summed E-state index contributed by atoms with van der Waals surface area (Å²) in [7, 11) is 3.60. The van der Waals surface area contributed by atoms with E-state index in [1.165, 1.54) is 36.8 Å². The summed E-state index contributed by atoms with van der Waals surface area (Å²) < 4.78 is 11.2. The third kappa shape index (κ3) is 2.76. The predicted molar refractivity (Wildman–Crippen MR) is 98.7 cm³/mol. The van der Waals surface area contributed by atoms with Crippen molar-refractivity contribution in [3.8, 4) is 5.75 Å². The van der Waals surface area contributed by atoms with E-state index in [9.17, 15) is 0 Å². The Kier molecular flexibility index (Phi) is 4.94. The molecule has 0 heterocycles. The van der Waals surface area contributed by atoms with Crippen LogP contribution in [0.15, 0.2) is 18.2 Å². The van der Waals surface area contributed by atoms with Gasteiger partial charge in [-0.3, -0.25) is 0 Å². The van der Waals surface area contributed by atoms with E-state index in [-0.39, 0.29) is 10.8 Å². The molecule has 0 aliphatic heterocycles. The molecule has 0 radical (unpaired) electrons. The number of nitrogens with two attached hydrogens (primary N) is 1. The largest absolute Gasteiger partial charge is 0.497 e. The molecule has 2 unspecified atom stereocenters. The minimum Gasteiger partial charge on any atom is -0.497 e. The summed E-state index contributed by atoms with van der Waals surface area (Å²) in [4.78, 5) is 0. The van der Waals surface area contributed by atoms with Gasteiger partial charge in [0.05, 0.1) is 13.7 Å². The summed E-state index contributed by atoms with van der Waals surface area (Å²) >= 11 is 0. The fraction of sp³-hybridized carbons (Fsp3) is 0.714. The van der Waals surface area contributed by atoms with Crippen molar-refractivity contribution in [1.29, 1.82) is 0 Å². The average Bonchev–Trinajstić information content (AvgIpc) is 2.56. The smallest absolute Gasteiger partial charge is 0.119 e. The predicted octanol–water partition coefficient (Wildman–Crippen LogP) is 4.24. The van der Waals surface area contributed by atoms with Crippen molar-refractivity contribution in [2.75, 3.05) is 27.4 Å².